The van der Waals surface area contributed by atoms with Gasteiger partial charge < -0.3 is 12.9 Å². The molecule has 0 spiro atoms. The van der Waals surface area contributed by atoms with E-state index in [0.29, 0.717) is 0 Å². The van der Waals surface area contributed by atoms with Crippen molar-refractivity contribution in [3.8, 4) is 0 Å². The monoisotopic (exact) mass is 123 g/mol. The van der Waals surface area contributed by atoms with Crippen LogP contribution < -0.4 is 0 Å². The lowest BCUT2D eigenvalue weighted by atomic mass is 9.83. The summed E-state index contributed by atoms with van der Waals surface area (Å²) in [6, 6.07) is 0. The van der Waals surface area contributed by atoms with Crippen molar-refractivity contribution in [1.29, 1.82) is 0 Å². The zero-order valence-corrected chi connectivity index (χ0v) is 4.63. The van der Waals surface area contributed by atoms with Crippen LogP contribution in [-0.4, -0.2) is 6.98 Å². The third-order valence-electron chi connectivity index (χ3n) is 0.580. The van der Waals surface area contributed by atoms with Gasteiger partial charge in [0.15, 0.2) is 0 Å². The zero-order valence-electron chi connectivity index (χ0n) is 4.63. The second-order valence-electron chi connectivity index (χ2n) is 1.87. The fourth-order valence-electron chi connectivity index (χ4n) is 0.395. The van der Waals surface area contributed by atoms with Gasteiger partial charge in [0, 0.05) is 0 Å². The molecule has 0 atom stereocenters. The van der Waals surface area contributed by atoms with Crippen LogP contribution in [0.2, 0.25) is 6.32 Å². The summed E-state index contributed by atoms with van der Waals surface area (Å²) in [5.74, 6) is 0. The van der Waals surface area contributed by atoms with Gasteiger partial charge in [-0.25, -0.2) is 0 Å². The number of allylic oxidation sites excluding steroid dienone is 1. The molecule has 0 N–H and O–H groups in total. The van der Waals surface area contributed by atoms with E-state index in [-0.39, 0.29) is 5.57 Å². The van der Waals surface area contributed by atoms with Gasteiger partial charge in [-0.2, -0.15) is 0 Å². The van der Waals surface area contributed by atoms with Crippen LogP contribution in [0.3, 0.4) is 0 Å². The van der Waals surface area contributed by atoms with E-state index in [9.17, 15) is 12.9 Å². The zero-order chi connectivity index (χ0) is 6.78. The standard InChI is InChI=1S/C4H7BF3/c1-4(2)3-5(6,7)8/h1,3H2,2H3/q-1. The topological polar surface area (TPSA) is 0 Å². The van der Waals surface area contributed by atoms with Crippen LogP contribution in [0.1, 0.15) is 6.92 Å². The van der Waals surface area contributed by atoms with Gasteiger partial charge in [0.2, 0.25) is 0 Å². The Morgan fingerprint density at radius 2 is 1.88 bits per heavy atom. The largest absolute Gasteiger partial charge is 0.482 e. The Hall–Kier alpha value is -0.405. The third kappa shape index (κ3) is 5.59. The molecular formula is C4H7BF3-. The smallest absolute Gasteiger partial charge is 0.449 e. The fourth-order valence-corrected chi connectivity index (χ4v) is 0.395. The van der Waals surface area contributed by atoms with E-state index in [1.807, 2.05) is 0 Å². The second-order valence-corrected chi connectivity index (χ2v) is 1.87. The normalized spacial score (nSPS) is 11.5. The molecule has 0 rings (SSSR count). The van der Waals surface area contributed by atoms with E-state index in [2.05, 4.69) is 6.58 Å². The summed E-state index contributed by atoms with van der Waals surface area (Å²) in [4.78, 5) is 0. The molecular weight excluding hydrogens is 116 g/mol. The minimum atomic E-state index is -4.64. The second kappa shape index (κ2) is 2.24. The minimum Gasteiger partial charge on any atom is -0.449 e. The van der Waals surface area contributed by atoms with E-state index < -0.39 is 13.3 Å². The van der Waals surface area contributed by atoms with Gasteiger partial charge in [0.25, 0.3) is 0 Å². The molecule has 0 aliphatic heterocycles. The average molecular weight is 123 g/mol. The van der Waals surface area contributed by atoms with E-state index in [1.165, 1.54) is 6.92 Å². The first-order valence-electron chi connectivity index (χ1n) is 2.27. The lowest BCUT2D eigenvalue weighted by Gasteiger charge is -2.11. The van der Waals surface area contributed by atoms with Crippen LogP contribution >= 0.6 is 0 Å². The molecule has 0 saturated heterocycles. The number of rotatable bonds is 2. The molecule has 0 aromatic heterocycles. The van der Waals surface area contributed by atoms with Crippen molar-refractivity contribution in [3.63, 3.8) is 0 Å². The van der Waals surface area contributed by atoms with E-state index in [1.54, 1.807) is 0 Å². The molecule has 0 heterocycles. The van der Waals surface area contributed by atoms with Crippen LogP contribution in [0.25, 0.3) is 0 Å². The summed E-state index contributed by atoms with van der Waals surface area (Å²) in [6.07, 6.45) is -0.806. The highest BCUT2D eigenvalue weighted by molar-refractivity contribution is 6.59. The molecule has 0 unspecified atom stereocenters. The van der Waals surface area contributed by atoms with E-state index in [0.717, 1.165) is 0 Å². The molecule has 4 heteroatoms. The Labute approximate surface area is 46.4 Å². The van der Waals surface area contributed by atoms with Crippen LogP contribution in [0.5, 0.6) is 0 Å². The maximum absolute atomic E-state index is 11.3. The van der Waals surface area contributed by atoms with Crippen molar-refractivity contribution in [2.75, 3.05) is 0 Å². The van der Waals surface area contributed by atoms with Crippen molar-refractivity contribution in [3.05, 3.63) is 12.2 Å². The molecule has 0 radical (unpaired) electrons. The Morgan fingerprint density at radius 1 is 1.50 bits per heavy atom. The highest BCUT2D eigenvalue weighted by Gasteiger charge is 2.21. The maximum atomic E-state index is 11.3. The Balaban J connectivity index is 3.55. The lowest BCUT2D eigenvalue weighted by Crippen LogP contribution is -2.13. The number of halogens is 3. The molecule has 0 aromatic rings. The van der Waals surface area contributed by atoms with Crippen molar-refractivity contribution < 1.29 is 12.9 Å². The van der Waals surface area contributed by atoms with Crippen LogP contribution in [0.15, 0.2) is 12.2 Å². The van der Waals surface area contributed by atoms with Gasteiger partial charge in [0.1, 0.15) is 0 Å². The first-order chi connectivity index (χ1) is 3.42. The quantitative estimate of drug-likeness (QED) is 0.390. The first kappa shape index (κ1) is 7.59. The van der Waals surface area contributed by atoms with Gasteiger partial charge in [-0.15, -0.1) is 12.2 Å². The number of hydrogen-bond acceptors (Lipinski definition) is 0. The van der Waals surface area contributed by atoms with Crippen molar-refractivity contribution in [1.82, 2.24) is 0 Å². The van der Waals surface area contributed by atoms with Crippen LogP contribution in [0.4, 0.5) is 12.9 Å². The van der Waals surface area contributed by atoms with Crippen molar-refractivity contribution in [2.24, 2.45) is 0 Å². The minimum absolute atomic E-state index is 0.178. The average Bonchev–Trinajstić information content (AvgIpc) is 1.21. The first-order valence-corrected chi connectivity index (χ1v) is 2.27. The predicted molar refractivity (Wildman–Crippen MR) is 28.7 cm³/mol. The van der Waals surface area contributed by atoms with Crippen molar-refractivity contribution >= 4 is 6.98 Å². The summed E-state index contributed by atoms with van der Waals surface area (Å²) in [6.45, 7) is -0.130. The fraction of sp³-hybridized carbons (Fsp3) is 0.500. The highest BCUT2D eigenvalue weighted by Crippen LogP contribution is 2.18. The maximum Gasteiger partial charge on any atom is 0.482 e. The Bertz CT molecular complexity index is 93.9. The molecule has 48 valence electrons. The van der Waals surface area contributed by atoms with Crippen LogP contribution in [-0.2, 0) is 0 Å². The van der Waals surface area contributed by atoms with Crippen molar-refractivity contribution in [2.45, 2.75) is 13.2 Å². The predicted octanol–water partition coefficient (Wildman–Crippen LogP) is 2.41. The Kier molecular flexibility index (Phi) is 2.13. The van der Waals surface area contributed by atoms with E-state index >= 15 is 0 Å². The number of hydrogen-bond donors (Lipinski definition) is 0. The molecule has 0 amide bonds. The van der Waals surface area contributed by atoms with Crippen LogP contribution in [0, 0.1) is 0 Å². The summed E-state index contributed by atoms with van der Waals surface area (Å²) < 4.78 is 33.9. The summed E-state index contributed by atoms with van der Waals surface area (Å²) in [7, 11) is 0. The molecule has 0 fully saturated rings. The van der Waals surface area contributed by atoms with Gasteiger partial charge in [-0.3, -0.25) is 0 Å². The lowest BCUT2D eigenvalue weighted by molar-refractivity contribution is 0.475. The molecule has 0 aliphatic carbocycles. The summed E-state index contributed by atoms with van der Waals surface area (Å²) in [5, 5.41) is 0. The summed E-state index contributed by atoms with van der Waals surface area (Å²) in [5.41, 5.74) is 0.178. The highest BCUT2D eigenvalue weighted by atomic mass is 19.4. The Morgan fingerprint density at radius 3 is 1.88 bits per heavy atom. The van der Waals surface area contributed by atoms with E-state index in [4.69, 9.17) is 0 Å². The molecule has 0 nitrogen and oxygen atoms in total. The van der Waals surface area contributed by atoms with Gasteiger partial charge in [0.05, 0.1) is 0 Å². The SMILES string of the molecule is C=C(C)C[B-](F)(F)F. The van der Waals surface area contributed by atoms with Gasteiger partial charge >= 0.3 is 6.98 Å². The molecule has 0 aliphatic rings. The molecule has 0 bridgehead atoms. The summed E-state index contributed by atoms with van der Waals surface area (Å²) >= 11 is 0. The molecule has 0 saturated carbocycles. The molecule has 0 aromatic carbocycles. The molecule has 8 heavy (non-hydrogen) atoms. The van der Waals surface area contributed by atoms with Gasteiger partial charge in [-0.05, 0) is 6.92 Å². The third-order valence-corrected chi connectivity index (χ3v) is 0.580. The van der Waals surface area contributed by atoms with Gasteiger partial charge in [-0.1, -0.05) is 6.32 Å².